The topological polar surface area (TPSA) is 61.8 Å². The summed E-state index contributed by atoms with van der Waals surface area (Å²) in [7, 11) is 4.63. The molecule has 0 N–H and O–H groups in total. The van der Waals surface area contributed by atoms with Crippen LogP contribution in [0.2, 0.25) is 0 Å². The van der Waals surface area contributed by atoms with E-state index in [-0.39, 0.29) is 17.7 Å². The highest BCUT2D eigenvalue weighted by Crippen LogP contribution is 2.59. The van der Waals surface area contributed by atoms with Gasteiger partial charge >= 0.3 is 5.97 Å². The molecule has 5 heteroatoms. The largest absolute Gasteiger partial charge is 0.493 e. The molecule has 1 saturated carbocycles. The summed E-state index contributed by atoms with van der Waals surface area (Å²) < 4.78 is 16.7. The van der Waals surface area contributed by atoms with E-state index in [1.54, 1.807) is 20.3 Å². The van der Waals surface area contributed by atoms with E-state index in [2.05, 4.69) is 20.8 Å². The van der Waals surface area contributed by atoms with Crippen molar-refractivity contribution in [2.75, 3.05) is 21.3 Å². The number of hydrogen-bond acceptors (Lipinski definition) is 5. The van der Waals surface area contributed by atoms with E-state index >= 15 is 0 Å². The van der Waals surface area contributed by atoms with Crippen LogP contribution in [0, 0.1) is 5.41 Å². The lowest BCUT2D eigenvalue weighted by molar-refractivity contribution is -0.151. The van der Waals surface area contributed by atoms with Crippen molar-refractivity contribution in [1.82, 2.24) is 0 Å². The van der Waals surface area contributed by atoms with Crippen LogP contribution >= 0.6 is 0 Å². The fourth-order valence-corrected chi connectivity index (χ4v) is 5.13. The molecule has 1 aromatic carbocycles. The Morgan fingerprint density at radius 2 is 1.71 bits per heavy atom. The van der Waals surface area contributed by atoms with Crippen molar-refractivity contribution < 1.29 is 23.8 Å². The number of methoxy groups -OCH3 is 3. The Morgan fingerprint density at radius 1 is 1.07 bits per heavy atom. The van der Waals surface area contributed by atoms with Crippen LogP contribution in [-0.2, 0) is 14.9 Å². The molecule has 0 saturated heterocycles. The van der Waals surface area contributed by atoms with Crippen LogP contribution in [0.4, 0.5) is 0 Å². The molecule has 2 aliphatic rings. The number of carbonyl (C=O) groups excluding carboxylic acids is 2. The monoisotopic (exact) mass is 386 g/mol. The number of rotatable bonds is 4. The van der Waals surface area contributed by atoms with Gasteiger partial charge in [0.25, 0.3) is 0 Å². The number of benzene rings is 1. The minimum absolute atomic E-state index is 0.0950. The summed E-state index contributed by atoms with van der Waals surface area (Å²) in [6.07, 6.45) is 4.00. The standard InChI is InChI=1S/C23H30O5/c1-13(2)14-11-15-16(24)12-17-22(3,18(15)20(27-6)19(14)26-5)9-8-10-23(17,4)21(25)28-7/h11-13H,8-10H2,1-7H3/t22-,23+/m0/s1. The van der Waals surface area contributed by atoms with Crippen LogP contribution in [0.25, 0.3) is 0 Å². The molecule has 2 atom stereocenters. The number of ketones is 1. The van der Waals surface area contributed by atoms with Gasteiger partial charge in [-0.05, 0) is 43.4 Å². The number of ether oxygens (including phenoxy) is 3. The molecule has 1 fully saturated rings. The van der Waals surface area contributed by atoms with Crippen LogP contribution < -0.4 is 9.47 Å². The number of esters is 1. The molecule has 28 heavy (non-hydrogen) atoms. The Hall–Kier alpha value is -2.30. The second-order valence-corrected chi connectivity index (χ2v) is 8.54. The fourth-order valence-electron chi connectivity index (χ4n) is 5.13. The maximum Gasteiger partial charge on any atom is 0.315 e. The van der Waals surface area contributed by atoms with Gasteiger partial charge in [0.05, 0.1) is 26.7 Å². The molecule has 0 aromatic heterocycles. The van der Waals surface area contributed by atoms with E-state index in [4.69, 9.17) is 14.2 Å². The van der Waals surface area contributed by atoms with Gasteiger partial charge in [-0.1, -0.05) is 27.2 Å². The van der Waals surface area contributed by atoms with Crippen LogP contribution in [0.3, 0.4) is 0 Å². The Labute approximate surface area is 167 Å². The van der Waals surface area contributed by atoms with Crippen molar-refractivity contribution >= 4 is 11.8 Å². The van der Waals surface area contributed by atoms with Crippen molar-refractivity contribution in [3.05, 3.63) is 34.4 Å². The highest BCUT2D eigenvalue weighted by atomic mass is 16.5. The van der Waals surface area contributed by atoms with Gasteiger partial charge in [-0.25, -0.2) is 0 Å². The summed E-state index contributed by atoms with van der Waals surface area (Å²) in [5.74, 6) is 1.04. The zero-order valence-electron chi connectivity index (χ0n) is 17.9. The third-order valence-corrected chi connectivity index (χ3v) is 6.57. The van der Waals surface area contributed by atoms with Crippen LogP contribution in [0.1, 0.15) is 74.4 Å². The van der Waals surface area contributed by atoms with Crippen LogP contribution in [0.5, 0.6) is 11.5 Å². The third kappa shape index (κ3) is 2.66. The van der Waals surface area contributed by atoms with Gasteiger partial charge in [0, 0.05) is 22.1 Å². The lowest BCUT2D eigenvalue weighted by atomic mass is 9.54. The Kier molecular flexibility index (Phi) is 5.07. The first-order chi connectivity index (χ1) is 13.2. The number of fused-ring (bicyclic) bond motifs is 3. The van der Waals surface area contributed by atoms with E-state index in [0.29, 0.717) is 23.5 Å². The predicted octanol–water partition coefficient (Wildman–Crippen LogP) is 4.57. The second-order valence-electron chi connectivity index (χ2n) is 8.54. The first-order valence-corrected chi connectivity index (χ1v) is 9.80. The van der Waals surface area contributed by atoms with Crippen molar-refractivity contribution in [1.29, 1.82) is 0 Å². The summed E-state index contributed by atoms with van der Waals surface area (Å²) in [4.78, 5) is 25.9. The zero-order valence-corrected chi connectivity index (χ0v) is 17.9. The lowest BCUT2D eigenvalue weighted by Gasteiger charge is -2.48. The van der Waals surface area contributed by atoms with Crippen molar-refractivity contribution in [2.24, 2.45) is 5.41 Å². The molecule has 0 radical (unpaired) electrons. The minimum atomic E-state index is -0.829. The normalized spacial score (nSPS) is 26.3. The molecule has 0 spiro atoms. The molecule has 152 valence electrons. The number of allylic oxidation sites excluding steroid dienone is 1. The van der Waals surface area contributed by atoms with E-state index in [0.717, 1.165) is 29.5 Å². The van der Waals surface area contributed by atoms with Gasteiger partial charge in [0.2, 0.25) is 0 Å². The summed E-state index contributed by atoms with van der Waals surface area (Å²) in [5.41, 5.74) is 1.89. The van der Waals surface area contributed by atoms with E-state index < -0.39 is 10.8 Å². The number of carbonyl (C=O) groups is 2. The summed E-state index contributed by atoms with van der Waals surface area (Å²) in [6, 6.07) is 1.94. The molecule has 0 unspecified atom stereocenters. The zero-order chi connectivity index (χ0) is 20.9. The molecule has 5 nitrogen and oxygen atoms in total. The van der Waals surface area contributed by atoms with Crippen molar-refractivity contribution in [3.8, 4) is 11.5 Å². The van der Waals surface area contributed by atoms with Gasteiger partial charge in [0.1, 0.15) is 0 Å². The molecular formula is C23H30O5. The average Bonchev–Trinajstić information content (AvgIpc) is 2.67. The Balaban J connectivity index is 2.36. The first-order valence-electron chi connectivity index (χ1n) is 9.80. The second kappa shape index (κ2) is 6.94. The fraction of sp³-hybridized carbons (Fsp3) is 0.565. The summed E-state index contributed by atoms with van der Waals surface area (Å²) in [5, 5.41) is 0. The Bertz CT molecular complexity index is 866. The third-order valence-electron chi connectivity index (χ3n) is 6.57. The highest BCUT2D eigenvalue weighted by molar-refractivity contribution is 6.10. The number of hydrogen-bond donors (Lipinski definition) is 0. The van der Waals surface area contributed by atoms with E-state index in [9.17, 15) is 9.59 Å². The van der Waals surface area contributed by atoms with Crippen LogP contribution in [0.15, 0.2) is 17.7 Å². The van der Waals surface area contributed by atoms with E-state index in [1.807, 2.05) is 13.0 Å². The minimum Gasteiger partial charge on any atom is -0.493 e. The van der Waals surface area contributed by atoms with Crippen molar-refractivity contribution in [2.45, 2.75) is 58.3 Å². The van der Waals surface area contributed by atoms with Crippen molar-refractivity contribution in [3.63, 3.8) is 0 Å². The first kappa shape index (κ1) is 20.4. The SMILES string of the molecule is COC(=O)[C@]1(C)CCC[C@@]2(C)C1=CC(=O)c1cc(C(C)C)c(OC)c(OC)c12. The highest BCUT2D eigenvalue weighted by Gasteiger charge is 2.54. The molecule has 0 amide bonds. The summed E-state index contributed by atoms with van der Waals surface area (Å²) in [6.45, 7) is 8.11. The lowest BCUT2D eigenvalue weighted by Crippen LogP contribution is -2.47. The van der Waals surface area contributed by atoms with Gasteiger partial charge in [-0.2, -0.15) is 0 Å². The molecule has 2 aliphatic carbocycles. The molecule has 0 aliphatic heterocycles. The predicted molar refractivity (Wildman–Crippen MR) is 107 cm³/mol. The van der Waals surface area contributed by atoms with Crippen LogP contribution in [-0.4, -0.2) is 33.1 Å². The average molecular weight is 386 g/mol. The molecule has 0 heterocycles. The van der Waals surface area contributed by atoms with E-state index in [1.165, 1.54) is 7.11 Å². The van der Waals surface area contributed by atoms with Gasteiger partial charge < -0.3 is 14.2 Å². The smallest absolute Gasteiger partial charge is 0.315 e. The molecular weight excluding hydrogens is 356 g/mol. The molecule has 1 aromatic rings. The summed E-state index contributed by atoms with van der Waals surface area (Å²) >= 11 is 0. The van der Waals surface area contributed by atoms with Gasteiger partial charge in [-0.15, -0.1) is 0 Å². The Morgan fingerprint density at radius 3 is 2.25 bits per heavy atom. The quantitative estimate of drug-likeness (QED) is 0.709. The maximum absolute atomic E-state index is 13.2. The van der Waals surface area contributed by atoms with Gasteiger partial charge in [-0.3, -0.25) is 9.59 Å². The molecule has 0 bridgehead atoms. The van der Waals surface area contributed by atoms with Gasteiger partial charge in [0.15, 0.2) is 17.3 Å². The maximum atomic E-state index is 13.2. The molecule has 3 rings (SSSR count).